The number of ether oxygens (including phenoxy) is 3. The first kappa shape index (κ1) is 57.3. The largest absolute Gasteiger partial charge is 0.478 e. The molecular formula is C43H20O34. The molecule has 0 unspecified atom stereocenters. The van der Waals surface area contributed by atoms with Crippen molar-refractivity contribution in [1.29, 1.82) is 0 Å². The molecule has 0 atom stereocenters. The Balaban J connectivity index is 2.35. The molecule has 4 aromatic carbocycles. The average Bonchev–Trinajstić information content (AvgIpc) is 3.31. The minimum Gasteiger partial charge on any atom is -0.478 e. The first-order chi connectivity index (χ1) is 35.7. The third-order valence-corrected chi connectivity index (χ3v) is 9.88. The average molecular weight is 1080 g/mol. The Bertz CT molecular complexity index is 3450. The number of hydrogen-bond donors (Lipinski definition) is 13. The van der Waals surface area contributed by atoms with Gasteiger partial charge in [0.05, 0.1) is 100 Å². The molecule has 0 aliphatic rings. The highest BCUT2D eigenvalue weighted by atomic mass is 16.6. The van der Waals surface area contributed by atoms with Gasteiger partial charge in [0, 0.05) is 0 Å². The number of carboxylic acids is 13. The van der Waals surface area contributed by atoms with Gasteiger partial charge in [-0.25, -0.2) is 86.3 Å². The highest BCUT2D eigenvalue weighted by molar-refractivity contribution is 6.29. The van der Waals surface area contributed by atoms with Crippen LogP contribution in [-0.4, -0.2) is 174 Å². The standard InChI is InChI=1S/C43H20O34/c44-26(45)8-10(28(48)49)15(33(58)59)21(16(34(60)61)11(8)29(50)51)40(71)76-42(73)24-20(38(68)69)14(32(56)57)19(37(66)67)23(39(70)75-6-7-4-2-1-3-5-7)25(24)43(74)77-41(72)22-17(35(62)63)12(30(52)53)9(27(46)47)13(31(54)55)18(22)36(64)65/h1-5H,6H2,(H,44,45)(H,46,47)(H,48,49)(H,50,51)(H,52,53)(H,54,55)(H,56,57)(H,58,59)(H,60,61)(H,62,63)(H,64,65)(H,66,67)(H,68,69). The molecule has 0 heterocycles. The molecule has 0 aliphatic heterocycles. The maximum atomic E-state index is 14.5. The topological polar surface area (TPSA) is 598 Å². The van der Waals surface area contributed by atoms with Crippen molar-refractivity contribution in [3.8, 4) is 0 Å². The number of carbonyl (C=O) groups excluding carboxylic acids is 5. The first-order valence-corrected chi connectivity index (χ1v) is 19.2. The fourth-order valence-corrected chi connectivity index (χ4v) is 7.22. The van der Waals surface area contributed by atoms with Crippen LogP contribution in [0.2, 0.25) is 0 Å². The molecule has 34 heteroatoms. The van der Waals surface area contributed by atoms with E-state index in [2.05, 4.69) is 9.47 Å². The lowest BCUT2D eigenvalue weighted by Crippen LogP contribution is -2.33. The van der Waals surface area contributed by atoms with E-state index in [1.165, 1.54) is 18.2 Å². The summed E-state index contributed by atoms with van der Waals surface area (Å²) in [5.74, 6) is -51.7. The number of benzene rings is 4. The minimum absolute atomic E-state index is 0.114. The van der Waals surface area contributed by atoms with Gasteiger partial charge >= 0.3 is 107 Å². The Labute approximate surface area is 416 Å². The van der Waals surface area contributed by atoms with Crippen LogP contribution < -0.4 is 0 Å². The smallest absolute Gasteiger partial charge is 0.347 e. The van der Waals surface area contributed by atoms with Crippen molar-refractivity contribution in [3.05, 3.63) is 136 Å². The molecule has 4 aromatic rings. The van der Waals surface area contributed by atoms with E-state index in [0.29, 0.717) is 0 Å². The zero-order valence-electron chi connectivity index (χ0n) is 36.5. The summed E-state index contributed by atoms with van der Waals surface area (Å²) in [6.45, 7) is -1.14. The van der Waals surface area contributed by atoms with Crippen LogP contribution in [0.25, 0.3) is 0 Å². The molecule has 0 saturated carbocycles. The van der Waals surface area contributed by atoms with Gasteiger partial charge in [0.15, 0.2) is 0 Å². The molecular weight excluding hydrogens is 1060 g/mol. The molecule has 0 aliphatic carbocycles. The van der Waals surface area contributed by atoms with E-state index >= 15 is 0 Å². The molecule has 77 heavy (non-hydrogen) atoms. The van der Waals surface area contributed by atoms with Crippen molar-refractivity contribution in [3.63, 3.8) is 0 Å². The molecule has 0 amide bonds. The monoisotopic (exact) mass is 1080 g/mol. The van der Waals surface area contributed by atoms with Crippen LogP contribution in [0, 0.1) is 0 Å². The normalized spacial score (nSPS) is 10.4. The van der Waals surface area contributed by atoms with Gasteiger partial charge in [0.25, 0.3) is 0 Å². The van der Waals surface area contributed by atoms with E-state index in [1.807, 2.05) is 0 Å². The van der Waals surface area contributed by atoms with Gasteiger partial charge in [-0.2, -0.15) is 0 Å². The van der Waals surface area contributed by atoms with Gasteiger partial charge in [-0.15, -0.1) is 0 Å². The Morgan fingerprint density at radius 2 is 0.390 bits per heavy atom. The highest BCUT2D eigenvalue weighted by Crippen LogP contribution is 2.36. The van der Waals surface area contributed by atoms with Crippen LogP contribution in [0.4, 0.5) is 0 Å². The Morgan fingerprint density at radius 1 is 0.234 bits per heavy atom. The Morgan fingerprint density at radius 3 is 0.584 bits per heavy atom. The van der Waals surface area contributed by atoms with Crippen LogP contribution in [0.15, 0.2) is 30.3 Å². The number of carbonyl (C=O) groups is 18. The number of carboxylic acid groups (broad SMARTS) is 13. The number of hydrogen-bond acceptors (Lipinski definition) is 21. The zero-order valence-corrected chi connectivity index (χ0v) is 36.5. The van der Waals surface area contributed by atoms with Crippen molar-refractivity contribution in [1.82, 2.24) is 0 Å². The van der Waals surface area contributed by atoms with Gasteiger partial charge in [0.1, 0.15) is 6.61 Å². The Hall–Kier alpha value is -12.3. The maximum Gasteiger partial charge on any atom is 0.347 e. The molecule has 4 rings (SSSR count). The summed E-state index contributed by atoms with van der Waals surface area (Å²) < 4.78 is 13.6. The molecule has 13 N–H and O–H groups in total. The Kier molecular flexibility index (Phi) is 16.1. The molecule has 0 saturated heterocycles. The summed E-state index contributed by atoms with van der Waals surface area (Å²) >= 11 is 0. The van der Waals surface area contributed by atoms with Crippen LogP contribution in [0.1, 0.15) is 192 Å². The highest BCUT2D eigenvalue weighted by Gasteiger charge is 2.47. The van der Waals surface area contributed by atoms with E-state index in [-0.39, 0.29) is 5.56 Å². The summed E-state index contributed by atoms with van der Waals surface area (Å²) in [4.78, 5) is 234. The van der Waals surface area contributed by atoms with E-state index in [4.69, 9.17) is 4.74 Å². The molecule has 0 aromatic heterocycles. The van der Waals surface area contributed by atoms with Crippen LogP contribution in [-0.2, 0) is 20.8 Å². The van der Waals surface area contributed by atoms with E-state index in [0.717, 1.165) is 12.1 Å². The van der Waals surface area contributed by atoms with Gasteiger partial charge < -0.3 is 80.6 Å². The summed E-state index contributed by atoms with van der Waals surface area (Å²) in [5, 5.41) is 130. The fourth-order valence-electron chi connectivity index (χ4n) is 7.22. The molecule has 0 bridgehead atoms. The van der Waals surface area contributed by atoms with Crippen LogP contribution in [0.3, 0.4) is 0 Å². The molecule has 0 fully saturated rings. The summed E-state index contributed by atoms with van der Waals surface area (Å²) in [5.41, 5.74) is -42.9. The fraction of sp³-hybridized carbons (Fsp3) is 0.0233. The second-order valence-corrected chi connectivity index (χ2v) is 14.1. The number of esters is 5. The predicted molar refractivity (Wildman–Crippen MR) is 225 cm³/mol. The molecule has 34 nitrogen and oxygen atoms in total. The zero-order chi connectivity index (χ0) is 58.7. The quantitative estimate of drug-likeness (QED) is 0.0335. The first-order valence-electron chi connectivity index (χ1n) is 19.2. The number of aromatic carboxylic acids is 13. The lowest BCUT2D eigenvalue weighted by molar-refractivity contribution is 0.0340. The second-order valence-electron chi connectivity index (χ2n) is 14.1. The lowest BCUT2D eigenvalue weighted by Gasteiger charge is -2.21. The summed E-state index contributed by atoms with van der Waals surface area (Å²) in [6, 6.07) is 6.13. The SMILES string of the molecule is O=C(O)c1c(C(=O)O)c(C(=O)O)c(C(=O)OC(=O)c2c(C(=O)O)c(C(=O)O)c(C(=O)O)c(C(=O)OCc3ccccc3)c2C(=O)OC(=O)c2c(C(=O)O)c(C(=O)O)c(C(=O)O)c(C(=O)O)c2C(=O)O)c(C(=O)O)c1C(=O)O. The third-order valence-electron chi connectivity index (χ3n) is 9.88. The summed E-state index contributed by atoms with van der Waals surface area (Å²) in [6.07, 6.45) is 0. The van der Waals surface area contributed by atoms with E-state index in [1.54, 1.807) is 0 Å². The predicted octanol–water partition coefficient (Wildman–Crippen LogP) is 1.11. The van der Waals surface area contributed by atoms with Crippen molar-refractivity contribution in [2.45, 2.75) is 6.61 Å². The van der Waals surface area contributed by atoms with E-state index in [9.17, 15) is 153 Å². The van der Waals surface area contributed by atoms with Gasteiger partial charge in [-0.05, 0) is 5.56 Å². The van der Waals surface area contributed by atoms with Gasteiger partial charge in [-0.1, -0.05) is 30.3 Å². The van der Waals surface area contributed by atoms with Crippen molar-refractivity contribution >= 4 is 107 Å². The van der Waals surface area contributed by atoms with Gasteiger partial charge in [-0.3, -0.25) is 0 Å². The van der Waals surface area contributed by atoms with Crippen molar-refractivity contribution < 1.29 is 167 Å². The van der Waals surface area contributed by atoms with Crippen molar-refractivity contribution in [2.24, 2.45) is 0 Å². The minimum atomic E-state index is -3.16. The van der Waals surface area contributed by atoms with E-state index < -0.39 is 214 Å². The van der Waals surface area contributed by atoms with Crippen molar-refractivity contribution in [2.75, 3.05) is 0 Å². The molecule has 0 radical (unpaired) electrons. The number of rotatable bonds is 20. The second kappa shape index (κ2) is 21.6. The van der Waals surface area contributed by atoms with Crippen LogP contribution in [0.5, 0.6) is 0 Å². The maximum absolute atomic E-state index is 14.5. The third kappa shape index (κ3) is 10.4. The molecule has 396 valence electrons. The van der Waals surface area contributed by atoms with Gasteiger partial charge in [0.2, 0.25) is 0 Å². The summed E-state index contributed by atoms with van der Waals surface area (Å²) in [7, 11) is 0. The van der Waals surface area contributed by atoms with Crippen LogP contribution >= 0.6 is 0 Å². The lowest BCUT2D eigenvalue weighted by atomic mass is 9.85. The molecule has 0 spiro atoms.